The predicted molar refractivity (Wildman–Crippen MR) is 75.0 cm³/mol. The first kappa shape index (κ1) is 16.4. The number of nitrogens with one attached hydrogen (secondary N) is 1. The summed E-state index contributed by atoms with van der Waals surface area (Å²) in [7, 11) is 3.40. The first-order valence-electron chi connectivity index (χ1n) is 7.26. The molecule has 1 fully saturated rings. The average molecular weight is 272 g/mol. The Morgan fingerprint density at radius 3 is 2.58 bits per heavy atom. The normalized spacial score (nSPS) is 19.2. The van der Waals surface area contributed by atoms with Crippen LogP contribution < -0.4 is 5.32 Å². The van der Waals surface area contributed by atoms with Crippen LogP contribution >= 0.6 is 0 Å². The van der Waals surface area contributed by atoms with Crippen molar-refractivity contribution in [2.45, 2.75) is 50.7 Å². The molecule has 1 unspecified atom stereocenters. The third-order valence-corrected chi connectivity index (χ3v) is 3.52. The van der Waals surface area contributed by atoms with E-state index in [9.17, 15) is 9.90 Å². The highest BCUT2D eigenvalue weighted by Crippen LogP contribution is 2.17. The van der Waals surface area contributed by atoms with Crippen molar-refractivity contribution in [2.24, 2.45) is 0 Å². The minimum atomic E-state index is -0.541. The maximum atomic E-state index is 11.9. The molecule has 0 aliphatic heterocycles. The highest BCUT2D eigenvalue weighted by atomic mass is 16.5. The number of hydrogen-bond acceptors (Lipinski definition) is 4. The SMILES string of the molecule is COCC(O)CN(C)CC(=O)NC1CCCCCC1. The fraction of sp³-hybridized carbons (Fsp3) is 0.929. The Morgan fingerprint density at radius 2 is 2.00 bits per heavy atom. The van der Waals surface area contributed by atoms with Gasteiger partial charge in [0, 0.05) is 19.7 Å². The minimum absolute atomic E-state index is 0.0546. The third-order valence-electron chi connectivity index (χ3n) is 3.52. The van der Waals surface area contributed by atoms with Gasteiger partial charge in [-0.1, -0.05) is 25.7 Å². The predicted octanol–water partition coefficient (Wildman–Crippen LogP) is 0.764. The fourth-order valence-corrected chi connectivity index (χ4v) is 2.61. The molecule has 0 aromatic heterocycles. The quantitative estimate of drug-likeness (QED) is 0.672. The number of nitrogens with zero attached hydrogens (tertiary/aromatic N) is 1. The maximum absolute atomic E-state index is 11.9. The van der Waals surface area contributed by atoms with Gasteiger partial charge in [0.25, 0.3) is 0 Å². The van der Waals surface area contributed by atoms with Gasteiger partial charge in [0.2, 0.25) is 5.91 Å². The molecule has 19 heavy (non-hydrogen) atoms. The van der Waals surface area contributed by atoms with Crippen molar-refractivity contribution in [3.63, 3.8) is 0 Å². The van der Waals surface area contributed by atoms with E-state index in [0.717, 1.165) is 12.8 Å². The molecule has 5 nitrogen and oxygen atoms in total. The van der Waals surface area contributed by atoms with Crippen LogP contribution in [0.2, 0.25) is 0 Å². The number of ether oxygens (including phenoxy) is 1. The molecule has 0 heterocycles. The summed E-state index contributed by atoms with van der Waals surface area (Å²) in [5, 5.41) is 12.7. The smallest absolute Gasteiger partial charge is 0.234 e. The minimum Gasteiger partial charge on any atom is -0.389 e. The average Bonchev–Trinajstić information content (AvgIpc) is 2.57. The van der Waals surface area contributed by atoms with Crippen molar-refractivity contribution in [1.82, 2.24) is 10.2 Å². The molecule has 1 rings (SSSR count). The van der Waals surface area contributed by atoms with Crippen molar-refractivity contribution in [3.8, 4) is 0 Å². The van der Waals surface area contributed by atoms with E-state index in [1.807, 2.05) is 11.9 Å². The lowest BCUT2D eigenvalue weighted by atomic mass is 10.1. The van der Waals surface area contributed by atoms with E-state index in [0.29, 0.717) is 25.7 Å². The lowest BCUT2D eigenvalue weighted by Crippen LogP contribution is -2.43. The van der Waals surface area contributed by atoms with Gasteiger partial charge < -0.3 is 15.2 Å². The first-order chi connectivity index (χ1) is 9.11. The lowest BCUT2D eigenvalue weighted by Gasteiger charge is -2.22. The largest absolute Gasteiger partial charge is 0.389 e. The van der Waals surface area contributed by atoms with Crippen LogP contribution in [0.1, 0.15) is 38.5 Å². The van der Waals surface area contributed by atoms with Gasteiger partial charge in [0.05, 0.1) is 19.3 Å². The highest BCUT2D eigenvalue weighted by molar-refractivity contribution is 5.78. The van der Waals surface area contributed by atoms with Gasteiger partial charge in [-0.3, -0.25) is 9.69 Å². The Hall–Kier alpha value is -0.650. The molecule has 2 N–H and O–H groups in total. The Morgan fingerprint density at radius 1 is 1.37 bits per heavy atom. The van der Waals surface area contributed by atoms with Crippen molar-refractivity contribution in [2.75, 3.05) is 33.9 Å². The van der Waals surface area contributed by atoms with E-state index >= 15 is 0 Å². The highest BCUT2D eigenvalue weighted by Gasteiger charge is 2.16. The number of aliphatic hydroxyl groups is 1. The van der Waals surface area contributed by atoms with Crippen molar-refractivity contribution in [1.29, 1.82) is 0 Å². The summed E-state index contributed by atoms with van der Waals surface area (Å²) in [6, 6.07) is 0.340. The molecule has 112 valence electrons. The van der Waals surface area contributed by atoms with Crippen molar-refractivity contribution >= 4 is 5.91 Å². The van der Waals surface area contributed by atoms with E-state index < -0.39 is 6.10 Å². The monoisotopic (exact) mass is 272 g/mol. The number of likely N-dealkylation sites (N-methyl/N-ethyl adjacent to an activating group) is 1. The van der Waals surface area contributed by atoms with Crippen LogP contribution in [0.4, 0.5) is 0 Å². The molecule has 0 saturated heterocycles. The molecule has 0 bridgehead atoms. The maximum Gasteiger partial charge on any atom is 0.234 e. The number of amides is 1. The van der Waals surface area contributed by atoms with Gasteiger partial charge in [-0.25, -0.2) is 0 Å². The van der Waals surface area contributed by atoms with Crippen molar-refractivity contribution in [3.05, 3.63) is 0 Å². The number of aliphatic hydroxyl groups excluding tert-OH is 1. The van der Waals surface area contributed by atoms with E-state index in [-0.39, 0.29) is 5.91 Å². The van der Waals surface area contributed by atoms with Crippen LogP contribution in [0, 0.1) is 0 Å². The zero-order valence-electron chi connectivity index (χ0n) is 12.2. The van der Waals surface area contributed by atoms with E-state index in [4.69, 9.17) is 4.74 Å². The summed E-state index contributed by atoms with van der Waals surface area (Å²) in [5.74, 6) is 0.0546. The molecule has 1 aliphatic carbocycles. The molecule has 1 aliphatic rings. The van der Waals surface area contributed by atoms with E-state index in [1.165, 1.54) is 25.7 Å². The second kappa shape index (κ2) is 9.28. The zero-order valence-corrected chi connectivity index (χ0v) is 12.2. The molecule has 0 spiro atoms. The molecule has 0 aromatic carbocycles. The second-order valence-corrected chi connectivity index (χ2v) is 5.56. The molecule has 1 saturated carbocycles. The molecule has 5 heteroatoms. The number of rotatable bonds is 7. The summed E-state index contributed by atoms with van der Waals surface area (Å²) >= 11 is 0. The summed E-state index contributed by atoms with van der Waals surface area (Å²) in [4.78, 5) is 13.7. The van der Waals surface area contributed by atoms with E-state index in [2.05, 4.69) is 5.32 Å². The van der Waals surface area contributed by atoms with Crippen LogP contribution in [-0.4, -0.2) is 61.9 Å². The Balaban J connectivity index is 2.21. The summed E-state index contributed by atoms with van der Waals surface area (Å²) in [5.41, 5.74) is 0. The number of hydrogen-bond donors (Lipinski definition) is 2. The van der Waals surface area contributed by atoms with Crippen LogP contribution in [0.3, 0.4) is 0 Å². The van der Waals surface area contributed by atoms with Gasteiger partial charge in [-0.15, -0.1) is 0 Å². The van der Waals surface area contributed by atoms with Crippen LogP contribution in [0.15, 0.2) is 0 Å². The molecule has 1 amide bonds. The summed E-state index contributed by atoms with van der Waals surface area (Å²) in [6.07, 6.45) is 6.66. The zero-order chi connectivity index (χ0) is 14.1. The molecular formula is C14H28N2O3. The standard InChI is InChI=1S/C14H28N2O3/c1-16(9-13(17)11-19-2)10-14(18)15-12-7-5-3-4-6-8-12/h12-13,17H,3-11H2,1-2H3,(H,15,18). The second-order valence-electron chi connectivity index (χ2n) is 5.56. The van der Waals surface area contributed by atoms with Gasteiger partial charge >= 0.3 is 0 Å². The summed E-state index contributed by atoms with van der Waals surface area (Å²) < 4.78 is 4.87. The van der Waals surface area contributed by atoms with E-state index in [1.54, 1.807) is 7.11 Å². The molecular weight excluding hydrogens is 244 g/mol. The van der Waals surface area contributed by atoms with Gasteiger partial charge in [0.15, 0.2) is 0 Å². The number of methoxy groups -OCH3 is 1. The Bertz CT molecular complexity index is 253. The topological polar surface area (TPSA) is 61.8 Å². The number of carbonyl (C=O) groups excluding carboxylic acids is 1. The van der Waals surface area contributed by atoms with Crippen molar-refractivity contribution < 1.29 is 14.6 Å². The van der Waals surface area contributed by atoms with Gasteiger partial charge in [0.1, 0.15) is 0 Å². The first-order valence-corrected chi connectivity index (χ1v) is 7.26. The number of carbonyl (C=O) groups is 1. The lowest BCUT2D eigenvalue weighted by molar-refractivity contribution is -0.123. The molecule has 0 aromatic rings. The fourth-order valence-electron chi connectivity index (χ4n) is 2.61. The molecule has 1 atom stereocenters. The van der Waals surface area contributed by atoms with Crippen LogP contribution in [0.5, 0.6) is 0 Å². The van der Waals surface area contributed by atoms with Crippen LogP contribution in [0.25, 0.3) is 0 Å². The van der Waals surface area contributed by atoms with Crippen LogP contribution in [-0.2, 0) is 9.53 Å². The third kappa shape index (κ3) is 7.50. The van der Waals surface area contributed by atoms with Gasteiger partial charge in [-0.05, 0) is 19.9 Å². The molecule has 0 radical (unpaired) electrons. The Labute approximate surface area is 116 Å². The Kier molecular flexibility index (Phi) is 8.02. The summed E-state index contributed by atoms with van der Waals surface area (Å²) in [6.45, 7) is 1.08. The van der Waals surface area contributed by atoms with Gasteiger partial charge in [-0.2, -0.15) is 0 Å².